The van der Waals surface area contributed by atoms with Gasteiger partial charge < -0.3 is 0 Å². The standard InChI is InChI=1S/C8H6NS.V/c1-6-2-3-7-8(4-6)10-5-9-7;/h2,4-5H,1H3;/q-1;. The molecule has 2 rings (SSSR count). The smallest absolute Gasteiger partial charge is 0.0657 e. The first kappa shape index (κ1) is 8.79. The summed E-state index contributed by atoms with van der Waals surface area (Å²) in [6.07, 6.45) is 0. The summed E-state index contributed by atoms with van der Waals surface area (Å²) in [5.74, 6) is 0. The minimum Gasteiger partial charge on any atom is -0.272 e. The van der Waals surface area contributed by atoms with Crippen LogP contribution >= 0.6 is 11.3 Å². The van der Waals surface area contributed by atoms with E-state index in [4.69, 9.17) is 0 Å². The average molecular weight is 199 g/mol. The maximum Gasteiger partial charge on any atom is 0.0657 e. The first-order chi connectivity index (χ1) is 4.86. The molecule has 1 heterocycles. The Bertz CT molecular complexity index is 356. The Balaban J connectivity index is 0.000000605. The molecule has 55 valence electrons. The second kappa shape index (κ2) is 3.39. The molecule has 1 aromatic heterocycles. The van der Waals surface area contributed by atoms with E-state index in [1.54, 1.807) is 11.3 Å². The van der Waals surface area contributed by atoms with E-state index < -0.39 is 0 Å². The van der Waals surface area contributed by atoms with Crippen molar-refractivity contribution < 1.29 is 18.6 Å². The number of aromatic nitrogens is 1. The van der Waals surface area contributed by atoms with E-state index in [0.29, 0.717) is 0 Å². The van der Waals surface area contributed by atoms with Gasteiger partial charge in [-0.2, -0.15) is 35.1 Å². The number of thiazole rings is 1. The van der Waals surface area contributed by atoms with Crippen LogP contribution in [-0.2, 0) is 18.6 Å². The summed E-state index contributed by atoms with van der Waals surface area (Å²) in [4.78, 5) is 4.12. The summed E-state index contributed by atoms with van der Waals surface area (Å²) >= 11 is 1.66. The molecule has 0 unspecified atom stereocenters. The molecule has 0 bridgehead atoms. The molecule has 0 aliphatic carbocycles. The van der Waals surface area contributed by atoms with Crippen molar-refractivity contribution in [2.45, 2.75) is 6.92 Å². The number of rotatable bonds is 0. The van der Waals surface area contributed by atoms with Gasteiger partial charge in [-0.3, -0.25) is 4.98 Å². The van der Waals surface area contributed by atoms with Crippen LogP contribution in [0.15, 0.2) is 17.6 Å². The maximum atomic E-state index is 4.12. The van der Waals surface area contributed by atoms with Gasteiger partial charge in [0.1, 0.15) is 0 Å². The third kappa shape index (κ3) is 1.64. The molecule has 2 aromatic rings. The van der Waals surface area contributed by atoms with Crippen molar-refractivity contribution in [3.05, 3.63) is 29.3 Å². The number of hydrogen-bond donors (Lipinski definition) is 0. The zero-order chi connectivity index (χ0) is 6.97. The van der Waals surface area contributed by atoms with E-state index in [1.807, 2.05) is 11.6 Å². The SMILES string of the molecule is Cc1c[c-]c2ncsc2c1.[V]. The average Bonchev–Trinajstić information content (AvgIpc) is 2.33. The number of fused-ring (bicyclic) bond motifs is 1. The molecule has 0 saturated heterocycles. The molecule has 0 fully saturated rings. The second-order valence-corrected chi connectivity index (χ2v) is 3.13. The monoisotopic (exact) mass is 199 g/mol. The zero-order valence-corrected chi connectivity index (χ0v) is 8.25. The summed E-state index contributed by atoms with van der Waals surface area (Å²) in [6, 6.07) is 7.19. The molecular weight excluding hydrogens is 193 g/mol. The molecule has 1 radical (unpaired) electrons. The number of benzene rings is 1. The van der Waals surface area contributed by atoms with Crippen LogP contribution in [-0.4, -0.2) is 4.98 Å². The largest absolute Gasteiger partial charge is 0.272 e. The number of aryl methyl sites for hydroxylation is 1. The zero-order valence-electron chi connectivity index (χ0n) is 6.03. The molecule has 0 spiro atoms. The van der Waals surface area contributed by atoms with Gasteiger partial charge in [0.2, 0.25) is 0 Å². The summed E-state index contributed by atoms with van der Waals surface area (Å²) in [5, 5.41) is 0. The maximum absolute atomic E-state index is 4.12. The molecule has 0 aliphatic rings. The van der Waals surface area contributed by atoms with Crippen molar-refractivity contribution in [1.29, 1.82) is 0 Å². The van der Waals surface area contributed by atoms with Crippen molar-refractivity contribution in [3.63, 3.8) is 0 Å². The number of nitrogens with zero attached hydrogens (tertiary/aromatic N) is 1. The van der Waals surface area contributed by atoms with E-state index in [1.165, 1.54) is 10.3 Å². The molecular formula is C8H6NSV-. The van der Waals surface area contributed by atoms with E-state index >= 15 is 0 Å². The molecule has 11 heavy (non-hydrogen) atoms. The van der Waals surface area contributed by atoms with E-state index in [0.717, 1.165) is 5.52 Å². The van der Waals surface area contributed by atoms with Crippen LogP contribution in [0.3, 0.4) is 0 Å². The second-order valence-electron chi connectivity index (χ2n) is 2.24. The molecule has 1 aromatic carbocycles. The Morgan fingerprint density at radius 2 is 2.36 bits per heavy atom. The first-order valence-corrected chi connectivity index (χ1v) is 3.96. The van der Waals surface area contributed by atoms with E-state index in [9.17, 15) is 0 Å². The van der Waals surface area contributed by atoms with E-state index in [-0.39, 0.29) is 18.6 Å². The van der Waals surface area contributed by atoms with Crippen LogP contribution in [0.2, 0.25) is 0 Å². The van der Waals surface area contributed by atoms with Gasteiger partial charge in [-0.1, -0.05) is 11.6 Å². The Hall–Kier alpha value is -0.306. The van der Waals surface area contributed by atoms with Gasteiger partial charge >= 0.3 is 0 Å². The molecule has 0 atom stereocenters. The molecule has 0 saturated carbocycles. The third-order valence-electron chi connectivity index (χ3n) is 1.39. The van der Waals surface area contributed by atoms with Crippen molar-refractivity contribution in [3.8, 4) is 0 Å². The van der Waals surface area contributed by atoms with Crippen LogP contribution in [0.25, 0.3) is 10.2 Å². The van der Waals surface area contributed by atoms with Crippen molar-refractivity contribution in [1.82, 2.24) is 4.98 Å². The summed E-state index contributed by atoms with van der Waals surface area (Å²) in [7, 11) is 0. The van der Waals surface area contributed by atoms with Crippen LogP contribution in [0, 0.1) is 13.0 Å². The Morgan fingerprint density at radius 3 is 3.18 bits per heavy atom. The Morgan fingerprint density at radius 1 is 1.55 bits per heavy atom. The van der Waals surface area contributed by atoms with Gasteiger partial charge in [0.05, 0.1) is 5.51 Å². The van der Waals surface area contributed by atoms with Crippen molar-refractivity contribution >= 4 is 21.6 Å². The molecule has 0 aliphatic heterocycles. The van der Waals surface area contributed by atoms with Crippen molar-refractivity contribution in [2.75, 3.05) is 0 Å². The molecule has 1 nitrogen and oxygen atoms in total. The molecule has 0 N–H and O–H groups in total. The Kier molecular flexibility index (Phi) is 2.71. The minimum absolute atomic E-state index is 0. The molecule has 0 amide bonds. The normalized spacial score (nSPS) is 9.55. The fourth-order valence-corrected chi connectivity index (χ4v) is 1.65. The van der Waals surface area contributed by atoms with Crippen LogP contribution < -0.4 is 0 Å². The molecule has 3 heteroatoms. The van der Waals surface area contributed by atoms with Gasteiger partial charge in [0.25, 0.3) is 0 Å². The van der Waals surface area contributed by atoms with Crippen LogP contribution in [0.5, 0.6) is 0 Å². The van der Waals surface area contributed by atoms with Gasteiger partial charge in [0.15, 0.2) is 0 Å². The summed E-state index contributed by atoms with van der Waals surface area (Å²) < 4.78 is 1.22. The predicted molar refractivity (Wildman–Crippen MR) is 43.2 cm³/mol. The van der Waals surface area contributed by atoms with Gasteiger partial charge in [-0.25, -0.2) is 0 Å². The topological polar surface area (TPSA) is 12.9 Å². The van der Waals surface area contributed by atoms with E-state index in [2.05, 4.69) is 24.0 Å². The fourth-order valence-electron chi connectivity index (χ4n) is 0.897. The summed E-state index contributed by atoms with van der Waals surface area (Å²) in [6.45, 7) is 2.07. The van der Waals surface area contributed by atoms with Gasteiger partial charge in [-0.05, 0) is 5.52 Å². The van der Waals surface area contributed by atoms with Gasteiger partial charge in [0, 0.05) is 18.6 Å². The first-order valence-electron chi connectivity index (χ1n) is 3.08. The van der Waals surface area contributed by atoms with Crippen molar-refractivity contribution in [2.24, 2.45) is 0 Å². The fraction of sp³-hybridized carbons (Fsp3) is 0.125. The third-order valence-corrected chi connectivity index (χ3v) is 2.17. The quantitative estimate of drug-likeness (QED) is 0.593. The Labute approximate surface area is 81.3 Å². The number of hydrogen-bond acceptors (Lipinski definition) is 2. The van der Waals surface area contributed by atoms with Crippen LogP contribution in [0.4, 0.5) is 0 Å². The predicted octanol–water partition coefficient (Wildman–Crippen LogP) is 2.40. The minimum atomic E-state index is 0. The summed E-state index contributed by atoms with van der Waals surface area (Å²) in [5.41, 5.74) is 4.08. The van der Waals surface area contributed by atoms with Crippen LogP contribution in [0.1, 0.15) is 5.56 Å². The van der Waals surface area contributed by atoms with Gasteiger partial charge in [-0.15, -0.1) is 0 Å².